The molecule has 0 radical (unpaired) electrons. The average Bonchev–Trinajstić information content (AvgIpc) is 2.48. The molecule has 0 bridgehead atoms. The first kappa shape index (κ1) is 16.4. The smallest absolute Gasteiger partial charge is 0.240 e. The highest BCUT2D eigenvalue weighted by molar-refractivity contribution is 7.89. The van der Waals surface area contributed by atoms with Gasteiger partial charge in [0.1, 0.15) is 0 Å². The molecule has 0 unspecified atom stereocenters. The Morgan fingerprint density at radius 2 is 1.95 bits per heavy atom. The van der Waals surface area contributed by atoms with Crippen molar-refractivity contribution in [1.29, 1.82) is 0 Å². The van der Waals surface area contributed by atoms with Gasteiger partial charge in [-0.05, 0) is 50.0 Å². The molecular formula is C15H25N3O2S. The predicted octanol–water partition coefficient (Wildman–Crippen LogP) is 1.22. The largest absolute Gasteiger partial charge is 0.326 e. The van der Waals surface area contributed by atoms with E-state index in [-0.39, 0.29) is 0 Å². The second-order valence-electron chi connectivity index (χ2n) is 5.60. The maximum Gasteiger partial charge on any atom is 0.240 e. The Balaban J connectivity index is 1.97. The second-order valence-corrected chi connectivity index (χ2v) is 7.34. The Morgan fingerprint density at radius 1 is 1.24 bits per heavy atom. The zero-order valence-corrected chi connectivity index (χ0v) is 13.5. The molecule has 1 saturated heterocycles. The fourth-order valence-corrected chi connectivity index (χ4v) is 3.97. The van der Waals surface area contributed by atoms with Crippen LogP contribution in [0.2, 0.25) is 0 Å². The number of hydrogen-bond donors (Lipinski definition) is 2. The van der Waals surface area contributed by atoms with E-state index >= 15 is 0 Å². The molecule has 0 aliphatic carbocycles. The van der Waals surface area contributed by atoms with E-state index in [0.29, 0.717) is 18.0 Å². The van der Waals surface area contributed by atoms with Crippen LogP contribution < -0.4 is 10.5 Å². The fraction of sp³-hybridized carbons (Fsp3) is 0.600. The lowest BCUT2D eigenvalue weighted by molar-refractivity contribution is 0.233. The van der Waals surface area contributed by atoms with Gasteiger partial charge < -0.3 is 10.6 Å². The third-order valence-electron chi connectivity index (χ3n) is 3.95. The molecule has 1 aliphatic rings. The van der Waals surface area contributed by atoms with Gasteiger partial charge in [0.25, 0.3) is 0 Å². The molecule has 0 atom stereocenters. The van der Waals surface area contributed by atoms with E-state index < -0.39 is 10.0 Å². The number of aryl methyl sites for hydroxylation is 1. The number of piperidine rings is 1. The van der Waals surface area contributed by atoms with Crippen LogP contribution in [0.4, 0.5) is 0 Å². The molecule has 5 nitrogen and oxygen atoms in total. The number of sulfonamides is 1. The summed E-state index contributed by atoms with van der Waals surface area (Å²) in [5, 5.41) is 0. The van der Waals surface area contributed by atoms with E-state index in [1.807, 2.05) is 6.07 Å². The standard InChI is InChI=1S/C15H25N3O2S/c1-13-5-6-14(12-16)11-15(13)21(19,20)17-7-10-18-8-3-2-4-9-18/h5-6,11,17H,2-4,7-10,12,16H2,1H3. The normalized spacial score (nSPS) is 17.0. The SMILES string of the molecule is Cc1ccc(CN)cc1S(=O)(=O)NCCN1CCCCC1. The van der Waals surface area contributed by atoms with Crippen LogP contribution in [0.1, 0.15) is 30.4 Å². The van der Waals surface area contributed by atoms with Crippen LogP contribution in [0.25, 0.3) is 0 Å². The van der Waals surface area contributed by atoms with Gasteiger partial charge in [-0.1, -0.05) is 18.6 Å². The van der Waals surface area contributed by atoms with E-state index in [1.165, 1.54) is 19.3 Å². The topological polar surface area (TPSA) is 75.4 Å². The Labute approximate surface area is 127 Å². The lowest BCUT2D eigenvalue weighted by Gasteiger charge is -2.26. The maximum absolute atomic E-state index is 12.4. The van der Waals surface area contributed by atoms with Crippen molar-refractivity contribution in [3.05, 3.63) is 29.3 Å². The van der Waals surface area contributed by atoms with E-state index in [4.69, 9.17) is 5.73 Å². The molecule has 0 amide bonds. The molecule has 0 aromatic heterocycles. The highest BCUT2D eigenvalue weighted by Crippen LogP contribution is 2.16. The van der Waals surface area contributed by atoms with Crippen molar-refractivity contribution in [2.75, 3.05) is 26.2 Å². The van der Waals surface area contributed by atoms with Gasteiger partial charge in [0.05, 0.1) is 4.90 Å². The molecule has 1 aromatic carbocycles. The molecule has 1 aromatic rings. The van der Waals surface area contributed by atoms with Gasteiger partial charge in [0, 0.05) is 19.6 Å². The van der Waals surface area contributed by atoms with E-state index in [0.717, 1.165) is 30.8 Å². The van der Waals surface area contributed by atoms with Crippen LogP contribution in [0.15, 0.2) is 23.1 Å². The Bertz CT molecular complexity index is 566. The van der Waals surface area contributed by atoms with Gasteiger partial charge in [-0.15, -0.1) is 0 Å². The van der Waals surface area contributed by atoms with Crippen molar-refractivity contribution >= 4 is 10.0 Å². The zero-order valence-electron chi connectivity index (χ0n) is 12.6. The Morgan fingerprint density at radius 3 is 2.62 bits per heavy atom. The molecule has 6 heteroatoms. The fourth-order valence-electron chi connectivity index (χ4n) is 2.66. The Hall–Kier alpha value is -0.950. The molecule has 0 saturated carbocycles. The third-order valence-corrected chi connectivity index (χ3v) is 5.55. The van der Waals surface area contributed by atoms with Crippen molar-refractivity contribution in [2.45, 2.75) is 37.6 Å². The number of nitrogens with one attached hydrogen (secondary N) is 1. The minimum atomic E-state index is -3.46. The molecule has 1 heterocycles. The van der Waals surface area contributed by atoms with Gasteiger partial charge in [0.15, 0.2) is 0 Å². The summed E-state index contributed by atoms with van der Waals surface area (Å²) >= 11 is 0. The number of rotatable bonds is 6. The van der Waals surface area contributed by atoms with Crippen LogP contribution in [0, 0.1) is 6.92 Å². The van der Waals surface area contributed by atoms with E-state index in [9.17, 15) is 8.42 Å². The highest BCUT2D eigenvalue weighted by Gasteiger charge is 2.17. The third kappa shape index (κ3) is 4.51. The number of likely N-dealkylation sites (tertiary alicyclic amines) is 1. The number of nitrogens with two attached hydrogens (primary N) is 1. The van der Waals surface area contributed by atoms with Crippen molar-refractivity contribution in [1.82, 2.24) is 9.62 Å². The van der Waals surface area contributed by atoms with Crippen LogP contribution in [0.3, 0.4) is 0 Å². The Kier molecular flexibility index (Phi) is 5.75. The second kappa shape index (κ2) is 7.35. The molecule has 3 N–H and O–H groups in total. The lowest BCUT2D eigenvalue weighted by Crippen LogP contribution is -2.37. The van der Waals surface area contributed by atoms with Crippen LogP contribution in [0.5, 0.6) is 0 Å². The first-order valence-electron chi connectivity index (χ1n) is 7.54. The summed E-state index contributed by atoms with van der Waals surface area (Å²) in [5.41, 5.74) is 7.17. The molecule has 1 aliphatic heterocycles. The molecule has 2 rings (SSSR count). The van der Waals surface area contributed by atoms with Gasteiger partial charge in [-0.3, -0.25) is 0 Å². The average molecular weight is 311 g/mol. The monoisotopic (exact) mass is 311 g/mol. The minimum absolute atomic E-state index is 0.337. The molecule has 118 valence electrons. The summed E-state index contributed by atoms with van der Waals surface area (Å²) in [6.45, 7) is 5.52. The molecule has 0 spiro atoms. The quantitative estimate of drug-likeness (QED) is 0.828. The molecular weight excluding hydrogens is 286 g/mol. The lowest BCUT2D eigenvalue weighted by atomic mass is 10.1. The summed E-state index contributed by atoms with van der Waals surface area (Å²) < 4.78 is 27.5. The summed E-state index contributed by atoms with van der Waals surface area (Å²) in [4.78, 5) is 2.65. The van der Waals surface area contributed by atoms with Crippen molar-refractivity contribution in [3.8, 4) is 0 Å². The summed E-state index contributed by atoms with van der Waals surface area (Å²) in [6, 6.07) is 5.34. The van der Waals surface area contributed by atoms with Gasteiger partial charge in [-0.25, -0.2) is 13.1 Å². The minimum Gasteiger partial charge on any atom is -0.326 e. The number of nitrogens with zero attached hydrogens (tertiary/aromatic N) is 1. The van der Waals surface area contributed by atoms with Gasteiger partial charge in [0.2, 0.25) is 10.0 Å². The molecule has 21 heavy (non-hydrogen) atoms. The highest BCUT2D eigenvalue weighted by atomic mass is 32.2. The first-order chi connectivity index (χ1) is 10.0. The van der Waals surface area contributed by atoms with Gasteiger partial charge in [-0.2, -0.15) is 0 Å². The van der Waals surface area contributed by atoms with Crippen LogP contribution in [-0.2, 0) is 16.6 Å². The summed E-state index contributed by atoms with van der Waals surface area (Å²) in [6.07, 6.45) is 3.71. The van der Waals surface area contributed by atoms with E-state index in [2.05, 4.69) is 9.62 Å². The van der Waals surface area contributed by atoms with E-state index in [1.54, 1.807) is 19.1 Å². The van der Waals surface area contributed by atoms with Crippen LogP contribution >= 0.6 is 0 Å². The zero-order chi connectivity index (χ0) is 15.3. The van der Waals surface area contributed by atoms with Gasteiger partial charge >= 0.3 is 0 Å². The van der Waals surface area contributed by atoms with Crippen LogP contribution in [-0.4, -0.2) is 39.5 Å². The maximum atomic E-state index is 12.4. The van der Waals surface area contributed by atoms with Crippen molar-refractivity contribution in [3.63, 3.8) is 0 Å². The van der Waals surface area contributed by atoms with Crippen molar-refractivity contribution in [2.24, 2.45) is 5.73 Å². The number of hydrogen-bond acceptors (Lipinski definition) is 4. The summed E-state index contributed by atoms with van der Waals surface area (Å²) in [7, 11) is -3.46. The first-order valence-corrected chi connectivity index (χ1v) is 9.03. The number of benzene rings is 1. The summed E-state index contributed by atoms with van der Waals surface area (Å²) in [5.74, 6) is 0. The predicted molar refractivity (Wildman–Crippen MR) is 84.5 cm³/mol. The molecule has 1 fully saturated rings. The van der Waals surface area contributed by atoms with Crippen molar-refractivity contribution < 1.29 is 8.42 Å².